The number of nitrogens with one attached hydrogen (secondary N) is 1. The lowest BCUT2D eigenvalue weighted by Gasteiger charge is -2.25. The smallest absolute Gasteiger partial charge is 0.307 e. The quantitative estimate of drug-likeness (QED) is 0.423. The Labute approximate surface area is 183 Å². The zero-order chi connectivity index (χ0) is 22.8. The molecule has 4 rings (SSSR count). The van der Waals surface area contributed by atoms with Gasteiger partial charge in [0.15, 0.2) is 0 Å². The summed E-state index contributed by atoms with van der Waals surface area (Å²) in [5.41, 5.74) is 9.44. The molecule has 3 N–H and O–H groups in total. The lowest BCUT2D eigenvalue weighted by atomic mass is 9.83. The van der Waals surface area contributed by atoms with Crippen LogP contribution in [0.25, 0.3) is 0 Å². The summed E-state index contributed by atoms with van der Waals surface area (Å²) in [6, 6.07) is 7.72. The maximum atomic E-state index is 11.0. The van der Waals surface area contributed by atoms with Crippen molar-refractivity contribution < 1.29 is 14.4 Å². The van der Waals surface area contributed by atoms with Gasteiger partial charge in [-0.2, -0.15) is 10.4 Å². The van der Waals surface area contributed by atoms with E-state index in [4.69, 9.17) is 15.2 Å². The largest absolute Gasteiger partial charge is 0.496 e. The van der Waals surface area contributed by atoms with Crippen LogP contribution in [0.3, 0.4) is 0 Å². The van der Waals surface area contributed by atoms with E-state index in [1.54, 1.807) is 13.2 Å². The Morgan fingerprint density at radius 2 is 2.28 bits per heavy atom. The number of H-pyrrole nitrogens is 1. The van der Waals surface area contributed by atoms with Crippen LogP contribution >= 0.6 is 0 Å². The molecular formula is C21H21N7O4. The normalized spacial score (nSPS) is 15.1. The highest BCUT2D eigenvalue weighted by atomic mass is 16.6. The summed E-state index contributed by atoms with van der Waals surface area (Å²) < 4.78 is 12.5. The molecule has 11 heteroatoms. The summed E-state index contributed by atoms with van der Waals surface area (Å²) in [6.45, 7) is 2.30. The van der Waals surface area contributed by atoms with Crippen LogP contribution in [0.1, 0.15) is 41.6 Å². The van der Waals surface area contributed by atoms with E-state index in [2.05, 4.69) is 28.3 Å². The minimum atomic E-state index is -0.498. The number of nitro groups is 1. The SMILES string of the molecule is CCCc1[nH]nc2c1C(c1ccc(OC)c(Cn3cc([N+](=O)[O-])cn3)c1)C(C#N)=C(N)O2. The number of rotatable bonds is 7. The van der Waals surface area contributed by atoms with Crippen molar-refractivity contribution in [2.24, 2.45) is 5.73 Å². The Bertz CT molecular complexity index is 1250. The summed E-state index contributed by atoms with van der Waals surface area (Å²) in [4.78, 5) is 10.5. The number of fused-ring (bicyclic) bond motifs is 1. The highest BCUT2D eigenvalue weighted by Crippen LogP contribution is 2.44. The van der Waals surface area contributed by atoms with E-state index >= 15 is 0 Å². The van der Waals surface area contributed by atoms with Crippen LogP contribution < -0.4 is 15.2 Å². The number of aromatic amines is 1. The minimum Gasteiger partial charge on any atom is -0.496 e. The van der Waals surface area contributed by atoms with E-state index in [1.165, 1.54) is 17.1 Å². The summed E-state index contributed by atoms with van der Waals surface area (Å²) in [5.74, 6) is 0.492. The van der Waals surface area contributed by atoms with Gasteiger partial charge in [-0.05, 0) is 24.1 Å². The number of hydrogen-bond acceptors (Lipinski definition) is 8. The first kappa shape index (κ1) is 20.9. The number of aryl methyl sites for hydroxylation is 1. The van der Waals surface area contributed by atoms with Crippen molar-refractivity contribution in [3.8, 4) is 17.7 Å². The molecule has 0 spiro atoms. The molecule has 0 fully saturated rings. The summed E-state index contributed by atoms with van der Waals surface area (Å²) in [5, 5.41) is 32.1. The Balaban J connectivity index is 1.80. The van der Waals surface area contributed by atoms with Gasteiger partial charge in [0.25, 0.3) is 0 Å². The zero-order valence-corrected chi connectivity index (χ0v) is 17.5. The number of aromatic nitrogens is 4. The first-order chi connectivity index (χ1) is 15.5. The van der Waals surface area contributed by atoms with E-state index in [9.17, 15) is 15.4 Å². The van der Waals surface area contributed by atoms with E-state index < -0.39 is 10.8 Å². The van der Waals surface area contributed by atoms with Gasteiger partial charge in [0.1, 0.15) is 29.8 Å². The molecule has 11 nitrogen and oxygen atoms in total. The molecule has 1 aliphatic rings. The van der Waals surface area contributed by atoms with Crippen LogP contribution in [0.2, 0.25) is 0 Å². The Kier molecular flexibility index (Phi) is 5.51. The van der Waals surface area contributed by atoms with Crippen molar-refractivity contribution in [1.29, 1.82) is 5.26 Å². The Morgan fingerprint density at radius 3 is 2.94 bits per heavy atom. The van der Waals surface area contributed by atoms with Crippen LogP contribution in [0.15, 0.2) is 42.0 Å². The summed E-state index contributed by atoms with van der Waals surface area (Å²) >= 11 is 0. The first-order valence-electron chi connectivity index (χ1n) is 9.95. The van der Waals surface area contributed by atoms with Gasteiger partial charge in [0, 0.05) is 16.8 Å². The van der Waals surface area contributed by atoms with Crippen molar-refractivity contribution in [2.45, 2.75) is 32.2 Å². The summed E-state index contributed by atoms with van der Waals surface area (Å²) in [6.07, 6.45) is 4.17. The molecule has 0 radical (unpaired) electrons. The van der Waals surface area contributed by atoms with Crippen molar-refractivity contribution in [1.82, 2.24) is 20.0 Å². The number of allylic oxidation sites excluding steroid dienone is 1. The van der Waals surface area contributed by atoms with Gasteiger partial charge in [0.05, 0.1) is 24.5 Å². The molecular weight excluding hydrogens is 414 g/mol. The fraction of sp³-hybridized carbons (Fsp3) is 0.286. The molecule has 1 unspecified atom stereocenters. The van der Waals surface area contributed by atoms with E-state index in [1.807, 2.05) is 12.1 Å². The second kappa shape index (κ2) is 8.43. The minimum absolute atomic E-state index is 0.0135. The van der Waals surface area contributed by atoms with E-state index in [-0.39, 0.29) is 18.1 Å². The topological polar surface area (TPSA) is 158 Å². The highest BCUT2D eigenvalue weighted by molar-refractivity contribution is 5.56. The monoisotopic (exact) mass is 435 g/mol. The third kappa shape index (κ3) is 3.62. The van der Waals surface area contributed by atoms with Crippen molar-refractivity contribution >= 4 is 5.69 Å². The van der Waals surface area contributed by atoms with Crippen LogP contribution in [-0.2, 0) is 13.0 Å². The molecule has 3 heterocycles. The standard InChI is InChI=1S/C21H21N7O4/c1-3-4-16-19-18(15(8-22)20(23)32-21(19)26-25-16)12-5-6-17(31-2)13(7-12)10-27-11-14(9-24-27)28(29)30/h5-7,9,11,18H,3-4,10,23H2,1-2H3,(H,25,26). The zero-order valence-electron chi connectivity index (χ0n) is 17.5. The number of ether oxygens (including phenoxy) is 2. The molecule has 0 bridgehead atoms. The first-order valence-corrected chi connectivity index (χ1v) is 9.95. The number of benzene rings is 1. The third-order valence-electron chi connectivity index (χ3n) is 5.32. The molecule has 3 aromatic rings. The molecule has 1 aromatic carbocycles. The van der Waals surface area contributed by atoms with Crippen molar-refractivity contribution in [3.05, 3.63) is 74.5 Å². The second-order valence-electron chi connectivity index (χ2n) is 7.32. The predicted octanol–water partition coefficient (Wildman–Crippen LogP) is 2.74. The lowest BCUT2D eigenvalue weighted by molar-refractivity contribution is -0.385. The summed E-state index contributed by atoms with van der Waals surface area (Å²) in [7, 11) is 1.55. The maximum Gasteiger partial charge on any atom is 0.307 e. The molecule has 1 aliphatic heterocycles. The number of nitrogens with two attached hydrogens (primary N) is 1. The van der Waals surface area contributed by atoms with Gasteiger partial charge in [-0.25, -0.2) is 0 Å². The van der Waals surface area contributed by atoms with Gasteiger partial charge < -0.3 is 15.2 Å². The second-order valence-corrected chi connectivity index (χ2v) is 7.32. The molecule has 0 saturated heterocycles. The van der Waals surface area contributed by atoms with Crippen molar-refractivity contribution in [3.63, 3.8) is 0 Å². The van der Waals surface area contributed by atoms with Gasteiger partial charge in [-0.3, -0.25) is 19.9 Å². The maximum absolute atomic E-state index is 11.0. The van der Waals surface area contributed by atoms with Crippen LogP contribution in [0.5, 0.6) is 11.6 Å². The van der Waals surface area contributed by atoms with Gasteiger partial charge in [0.2, 0.25) is 11.8 Å². The average Bonchev–Trinajstić information content (AvgIpc) is 3.40. The van der Waals surface area contributed by atoms with Crippen LogP contribution in [0, 0.1) is 21.4 Å². The molecule has 0 saturated carbocycles. The number of hydrogen-bond donors (Lipinski definition) is 2. The van der Waals surface area contributed by atoms with Crippen molar-refractivity contribution in [2.75, 3.05) is 7.11 Å². The average molecular weight is 435 g/mol. The van der Waals surface area contributed by atoms with Crippen LogP contribution in [-0.4, -0.2) is 32.0 Å². The predicted molar refractivity (Wildman–Crippen MR) is 113 cm³/mol. The van der Waals surface area contributed by atoms with Gasteiger partial charge >= 0.3 is 5.69 Å². The molecule has 0 aliphatic carbocycles. The molecule has 1 atom stereocenters. The highest BCUT2D eigenvalue weighted by Gasteiger charge is 2.35. The Morgan fingerprint density at radius 1 is 1.47 bits per heavy atom. The molecule has 0 amide bonds. The fourth-order valence-corrected chi connectivity index (χ4v) is 3.89. The lowest BCUT2D eigenvalue weighted by Crippen LogP contribution is -2.21. The molecule has 32 heavy (non-hydrogen) atoms. The molecule has 2 aromatic heterocycles. The van der Waals surface area contributed by atoms with Gasteiger partial charge in [-0.15, -0.1) is 5.10 Å². The van der Waals surface area contributed by atoms with Gasteiger partial charge in [-0.1, -0.05) is 19.4 Å². The Hall–Kier alpha value is -4.33. The van der Waals surface area contributed by atoms with Crippen LogP contribution in [0.4, 0.5) is 5.69 Å². The number of methoxy groups -OCH3 is 1. The number of nitrogens with zero attached hydrogens (tertiary/aromatic N) is 5. The van der Waals surface area contributed by atoms with E-state index in [0.29, 0.717) is 17.2 Å². The molecule has 164 valence electrons. The fourth-order valence-electron chi connectivity index (χ4n) is 3.89. The number of nitriles is 1. The third-order valence-corrected chi connectivity index (χ3v) is 5.32. The van der Waals surface area contributed by atoms with E-state index in [0.717, 1.165) is 35.2 Å².